The molecule has 1 aromatic carbocycles. The molecule has 1 aliphatic carbocycles. The number of nitrogens with zero attached hydrogens (tertiary/aromatic N) is 1. The molecule has 2 aliphatic rings. The number of benzene rings is 1. The average molecular weight is 333 g/mol. The van der Waals surface area contributed by atoms with Crippen molar-refractivity contribution in [3.63, 3.8) is 0 Å². The number of anilines is 1. The smallest absolute Gasteiger partial charge is 0.283 e. The van der Waals surface area contributed by atoms with E-state index in [-0.39, 0.29) is 22.7 Å². The summed E-state index contributed by atoms with van der Waals surface area (Å²) in [6.07, 6.45) is 5.54. The molecule has 1 saturated carbocycles. The fourth-order valence-electron chi connectivity index (χ4n) is 3.18. The van der Waals surface area contributed by atoms with Gasteiger partial charge in [0.15, 0.2) is 0 Å². The highest BCUT2D eigenvalue weighted by Crippen LogP contribution is 2.30. The van der Waals surface area contributed by atoms with Gasteiger partial charge in [0, 0.05) is 6.04 Å². The summed E-state index contributed by atoms with van der Waals surface area (Å²) in [6.45, 7) is 3.95. The molecule has 0 unspecified atom stereocenters. The van der Waals surface area contributed by atoms with Crippen LogP contribution in [0, 0.1) is 13.8 Å². The van der Waals surface area contributed by atoms with E-state index in [2.05, 4.69) is 5.32 Å². The molecule has 0 bridgehead atoms. The van der Waals surface area contributed by atoms with Gasteiger partial charge in [0.05, 0.1) is 5.69 Å². The van der Waals surface area contributed by atoms with Crippen LogP contribution in [0.5, 0.6) is 0 Å². The number of nitrogens with one attached hydrogen (secondary N) is 1. The van der Waals surface area contributed by atoms with Gasteiger partial charge in [-0.25, -0.2) is 4.90 Å². The van der Waals surface area contributed by atoms with Crippen LogP contribution in [0.15, 0.2) is 28.9 Å². The van der Waals surface area contributed by atoms with Gasteiger partial charge < -0.3 is 5.32 Å². The van der Waals surface area contributed by atoms with Crippen molar-refractivity contribution in [3.8, 4) is 0 Å². The number of hydrogen-bond acceptors (Lipinski definition) is 3. The summed E-state index contributed by atoms with van der Waals surface area (Å²) < 4.78 is 0. The van der Waals surface area contributed by atoms with Crippen molar-refractivity contribution in [1.29, 1.82) is 0 Å². The Morgan fingerprint density at radius 1 is 1.04 bits per heavy atom. The molecule has 2 amide bonds. The van der Waals surface area contributed by atoms with E-state index >= 15 is 0 Å². The molecule has 1 aliphatic heterocycles. The van der Waals surface area contributed by atoms with Crippen molar-refractivity contribution in [1.82, 2.24) is 5.32 Å². The number of halogens is 1. The standard InChI is InChI=1S/C18H21ClN2O2/c1-11-8-9-14(10-12(11)2)21-17(22)15(19)16(18(21)23)20-13-6-4-3-5-7-13/h8-10,13,20H,3-7H2,1-2H3. The van der Waals surface area contributed by atoms with E-state index < -0.39 is 5.91 Å². The molecule has 0 aromatic heterocycles. The average Bonchev–Trinajstić information content (AvgIpc) is 2.75. The molecule has 0 radical (unpaired) electrons. The molecule has 0 spiro atoms. The maximum absolute atomic E-state index is 12.7. The second kappa shape index (κ2) is 6.36. The lowest BCUT2D eigenvalue weighted by molar-refractivity contribution is -0.120. The Bertz CT molecular complexity index is 690. The highest BCUT2D eigenvalue weighted by Gasteiger charge is 2.39. The van der Waals surface area contributed by atoms with Gasteiger partial charge in [0.1, 0.15) is 10.7 Å². The Morgan fingerprint density at radius 3 is 2.39 bits per heavy atom. The van der Waals surface area contributed by atoms with Crippen molar-refractivity contribution < 1.29 is 9.59 Å². The summed E-state index contributed by atoms with van der Waals surface area (Å²) in [7, 11) is 0. The van der Waals surface area contributed by atoms with Crippen molar-refractivity contribution in [2.24, 2.45) is 0 Å². The molecule has 1 heterocycles. The van der Waals surface area contributed by atoms with E-state index in [9.17, 15) is 9.59 Å². The van der Waals surface area contributed by atoms with Gasteiger partial charge in [-0.05, 0) is 49.9 Å². The predicted molar refractivity (Wildman–Crippen MR) is 91.3 cm³/mol. The third kappa shape index (κ3) is 3.00. The third-order valence-electron chi connectivity index (χ3n) is 4.73. The number of amides is 2. The van der Waals surface area contributed by atoms with Crippen molar-refractivity contribution >= 4 is 29.1 Å². The zero-order valence-corrected chi connectivity index (χ0v) is 14.2. The van der Waals surface area contributed by atoms with Crippen LogP contribution in [-0.4, -0.2) is 17.9 Å². The van der Waals surface area contributed by atoms with Crippen LogP contribution in [0.4, 0.5) is 5.69 Å². The maximum atomic E-state index is 12.7. The Kier molecular flexibility index (Phi) is 4.44. The largest absolute Gasteiger partial charge is 0.376 e. The van der Waals surface area contributed by atoms with Crippen LogP contribution in [0.2, 0.25) is 0 Å². The van der Waals surface area contributed by atoms with Gasteiger partial charge in [-0.3, -0.25) is 9.59 Å². The zero-order chi connectivity index (χ0) is 16.6. The monoisotopic (exact) mass is 332 g/mol. The first-order valence-corrected chi connectivity index (χ1v) is 8.49. The number of carbonyl (C=O) groups is 2. The first kappa shape index (κ1) is 16.1. The maximum Gasteiger partial charge on any atom is 0.283 e. The molecule has 0 saturated heterocycles. The Labute approximate surface area is 141 Å². The molecule has 0 atom stereocenters. The molecule has 4 nitrogen and oxygen atoms in total. The molecule has 122 valence electrons. The lowest BCUT2D eigenvalue weighted by atomic mass is 9.95. The minimum absolute atomic E-state index is 0.00111. The van der Waals surface area contributed by atoms with E-state index in [1.165, 1.54) is 11.3 Å². The molecule has 3 rings (SSSR count). The van der Waals surface area contributed by atoms with Gasteiger partial charge in [0.2, 0.25) is 0 Å². The summed E-state index contributed by atoms with van der Waals surface area (Å²) >= 11 is 6.16. The van der Waals surface area contributed by atoms with Crippen molar-refractivity contribution in [3.05, 3.63) is 40.1 Å². The molecule has 1 N–H and O–H groups in total. The summed E-state index contributed by atoms with van der Waals surface area (Å²) in [5, 5.41) is 3.21. The van der Waals surface area contributed by atoms with Crippen LogP contribution in [0.1, 0.15) is 43.2 Å². The minimum Gasteiger partial charge on any atom is -0.376 e. The van der Waals surface area contributed by atoms with Gasteiger partial charge in [0.25, 0.3) is 11.8 Å². The lowest BCUT2D eigenvalue weighted by Crippen LogP contribution is -2.37. The van der Waals surface area contributed by atoms with E-state index in [0.717, 1.165) is 36.8 Å². The topological polar surface area (TPSA) is 49.4 Å². The lowest BCUT2D eigenvalue weighted by Gasteiger charge is -2.24. The van der Waals surface area contributed by atoms with Gasteiger partial charge >= 0.3 is 0 Å². The predicted octanol–water partition coefficient (Wildman–Crippen LogP) is 3.55. The summed E-state index contributed by atoms with van der Waals surface area (Å²) in [6, 6.07) is 5.76. The fourth-order valence-corrected chi connectivity index (χ4v) is 3.40. The molecule has 1 fully saturated rings. The van der Waals surface area contributed by atoms with E-state index in [1.807, 2.05) is 26.0 Å². The molecule has 5 heteroatoms. The Balaban J connectivity index is 1.84. The highest BCUT2D eigenvalue weighted by molar-refractivity contribution is 6.52. The van der Waals surface area contributed by atoms with Crippen LogP contribution < -0.4 is 10.2 Å². The normalized spacial score (nSPS) is 19.7. The summed E-state index contributed by atoms with van der Waals surface area (Å²) in [5.41, 5.74) is 2.98. The third-order valence-corrected chi connectivity index (χ3v) is 5.08. The van der Waals surface area contributed by atoms with Crippen molar-refractivity contribution in [2.45, 2.75) is 52.0 Å². The number of aryl methyl sites for hydroxylation is 2. The molecule has 1 aromatic rings. The van der Waals surface area contributed by atoms with Gasteiger partial charge in [-0.15, -0.1) is 0 Å². The van der Waals surface area contributed by atoms with E-state index in [0.29, 0.717) is 5.69 Å². The summed E-state index contributed by atoms with van der Waals surface area (Å²) in [5.74, 6) is -0.799. The molecular weight excluding hydrogens is 312 g/mol. The van der Waals surface area contributed by atoms with E-state index in [1.54, 1.807) is 6.07 Å². The van der Waals surface area contributed by atoms with Gasteiger partial charge in [-0.1, -0.05) is 36.9 Å². The first-order valence-electron chi connectivity index (χ1n) is 8.11. The number of rotatable bonds is 3. The molecule has 23 heavy (non-hydrogen) atoms. The van der Waals surface area contributed by atoms with Gasteiger partial charge in [-0.2, -0.15) is 0 Å². The zero-order valence-electron chi connectivity index (χ0n) is 13.5. The quantitative estimate of drug-likeness (QED) is 0.861. The second-order valence-corrected chi connectivity index (χ2v) is 6.76. The second-order valence-electron chi connectivity index (χ2n) is 6.38. The van der Waals surface area contributed by atoms with Crippen LogP contribution in [0.25, 0.3) is 0 Å². The van der Waals surface area contributed by atoms with Crippen molar-refractivity contribution in [2.75, 3.05) is 4.90 Å². The summed E-state index contributed by atoms with van der Waals surface area (Å²) in [4.78, 5) is 26.3. The molecular formula is C18H21ClN2O2. The van der Waals surface area contributed by atoms with Crippen LogP contribution >= 0.6 is 11.6 Å². The minimum atomic E-state index is -0.446. The SMILES string of the molecule is Cc1ccc(N2C(=O)C(Cl)=C(NC3CCCCC3)C2=O)cc1C. The highest BCUT2D eigenvalue weighted by atomic mass is 35.5. The number of hydrogen-bond donors (Lipinski definition) is 1. The first-order chi connectivity index (χ1) is 11.0. The number of imide groups is 1. The Hall–Kier alpha value is -1.81. The fraction of sp³-hybridized carbons (Fsp3) is 0.444. The Morgan fingerprint density at radius 2 is 1.74 bits per heavy atom. The number of carbonyl (C=O) groups excluding carboxylic acids is 2. The van der Waals surface area contributed by atoms with Crippen LogP contribution in [-0.2, 0) is 9.59 Å². The van der Waals surface area contributed by atoms with Crippen LogP contribution in [0.3, 0.4) is 0 Å². The van der Waals surface area contributed by atoms with E-state index in [4.69, 9.17) is 11.6 Å².